The van der Waals surface area contributed by atoms with Crippen LogP contribution in [0.3, 0.4) is 0 Å². The fraction of sp³-hybridized carbons (Fsp3) is 0.471. The summed E-state index contributed by atoms with van der Waals surface area (Å²) in [4.78, 5) is 13.7. The molecule has 2 heteroatoms. The summed E-state index contributed by atoms with van der Waals surface area (Å²) < 4.78 is 0. The molecule has 0 unspecified atom stereocenters. The van der Waals surface area contributed by atoms with Crippen LogP contribution in [0.25, 0.3) is 5.57 Å². The molecular formula is C17H25NO. The largest absolute Gasteiger partial charge is 0.343 e. The molecule has 0 saturated carbocycles. The summed E-state index contributed by atoms with van der Waals surface area (Å²) in [6.07, 6.45) is 3.60. The van der Waals surface area contributed by atoms with Crippen molar-refractivity contribution in [3.63, 3.8) is 0 Å². The van der Waals surface area contributed by atoms with E-state index in [0.717, 1.165) is 37.9 Å². The number of hydrogen-bond acceptors (Lipinski definition) is 1. The molecule has 0 aliphatic heterocycles. The van der Waals surface area contributed by atoms with Gasteiger partial charge in [0, 0.05) is 19.5 Å². The summed E-state index contributed by atoms with van der Waals surface area (Å²) in [5.74, 6) is 0.273. The average Bonchev–Trinajstić information content (AvgIpc) is 2.45. The second-order valence-corrected chi connectivity index (χ2v) is 4.74. The second-order valence-electron chi connectivity index (χ2n) is 4.74. The molecule has 0 aromatic heterocycles. The molecule has 1 amide bonds. The minimum Gasteiger partial charge on any atom is -0.343 e. The van der Waals surface area contributed by atoms with Crippen LogP contribution in [0.15, 0.2) is 36.9 Å². The molecule has 0 saturated heterocycles. The Kier molecular flexibility index (Phi) is 6.94. The van der Waals surface area contributed by atoms with E-state index in [1.54, 1.807) is 0 Å². The second kappa shape index (κ2) is 8.52. The Morgan fingerprint density at radius 1 is 1.05 bits per heavy atom. The highest BCUT2D eigenvalue weighted by Gasteiger charge is 2.08. The molecule has 1 aromatic rings. The number of unbranched alkanes of at least 4 members (excludes halogenated alkanes) is 1. The molecule has 1 rings (SSSR count). The van der Waals surface area contributed by atoms with Crippen molar-refractivity contribution in [2.75, 3.05) is 13.1 Å². The van der Waals surface area contributed by atoms with Gasteiger partial charge >= 0.3 is 0 Å². The quantitative estimate of drug-likeness (QED) is 0.643. The van der Waals surface area contributed by atoms with Crippen LogP contribution in [-0.2, 0) is 4.79 Å². The third kappa shape index (κ3) is 5.29. The van der Waals surface area contributed by atoms with E-state index in [9.17, 15) is 4.79 Å². The van der Waals surface area contributed by atoms with Crippen LogP contribution in [-0.4, -0.2) is 23.9 Å². The van der Waals surface area contributed by atoms with Gasteiger partial charge in [-0.1, -0.05) is 36.9 Å². The average molecular weight is 259 g/mol. The summed E-state index contributed by atoms with van der Waals surface area (Å²) in [6, 6.07) is 10.3. The van der Waals surface area contributed by atoms with Gasteiger partial charge in [-0.25, -0.2) is 0 Å². The summed E-state index contributed by atoms with van der Waals surface area (Å²) in [5.41, 5.74) is 2.37. The Bertz CT molecular complexity index is 393. The van der Waals surface area contributed by atoms with Gasteiger partial charge in [-0.3, -0.25) is 4.79 Å². The fourth-order valence-electron chi connectivity index (χ4n) is 2.17. The fourth-order valence-corrected chi connectivity index (χ4v) is 2.17. The van der Waals surface area contributed by atoms with Gasteiger partial charge in [-0.05, 0) is 44.2 Å². The third-order valence-electron chi connectivity index (χ3n) is 3.42. The van der Waals surface area contributed by atoms with E-state index in [1.165, 1.54) is 5.56 Å². The number of benzene rings is 1. The van der Waals surface area contributed by atoms with Crippen molar-refractivity contribution in [3.05, 3.63) is 42.5 Å². The molecule has 2 nitrogen and oxygen atoms in total. The molecule has 104 valence electrons. The standard InChI is InChI=1S/C17H25NO/c1-4-18(5-2)17(19)14-10-9-11-15(3)16-12-7-6-8-13-16/h6-8,12-13H,3-5,9-11,14H2,1-2H3. The minimum atomic E-state index is 0.273. The van der Waals surface area contributed by atoms with E-state index in [-0.39, 0.29) is 5.91 Å². The molecule has 0 fully saturated rings. The highest BCUT2D eigenvalue weighted by atomic mass is 16.2. The lowest BCUT2D eigenvalue weighted by molar-refractivity contribution is -0.130. The number of carbonyl (C=O) groups excluding carboxylic acids is 1. The molecule has 0 atom stereocenters. The summed E-state index contributed by atoms with van der Waals surface area (Å²) in [6.45, 7) is 9.79. The van der Waals surface area contributed by atoms with E-state index in [1.807, 2.05) is 36.9 Å². The molecule has 0 heterocycles. The first-order valence-corrected chi connectivity index (χ1v) is 7.20. The van der Waals surface area contributed by atoms with Gasteiger partial charge in [-0.15, -0.1) is 0 Å². The third-order valence-corrected chi connectivity index (χ3v) is 3.42. The molecule has 0 N–H and O–H groups in total. The molecule has 0 spiro atoms. The van der Waals surface area contributed by atoms with Gasteiger partial charge in [0.25, 0.3) is 0 Å². The van der Waals surface area contributed by atoms with Crippen LogP contribution in [0.1, 0.15) is 45.1 Å². The smallest absolute Gasteiger partial charge is 0.222 e. The normalized spacial score (nSPS) is 10.2. The minimum absolute atomic E-state index is 0.273. The highest BCUT2D eigenvalue weighted by Crippen LogP contribution is 2.18. The number of hydrogen-bond donors (Lipinski definition) is 0. The number of allylic oxidation sites excluding steroid dienone is 1. The van der Waals surface area contributed by atoms with E-state index in [4.69, 9.17) is 0 Å². The summed E-state index contributed by atoms with van der Waals surface area (Å²) in [5, 5.41) is 0. The maximum Gasteiger partial charge on any atom is 0.222 e. The molecule has 0 aliphatic carbocycles. The molecule has 19 heavy (non-hydrogen) atoms. The zero-order chi connectivity index (χ0) is 14.1. The predicted molar refractivity (Wildman–Crippen MR) is 81.9 cm³/mol. The van der Waals surface area contributed by atoms with Gasteiger partial charge in [0.15, 0.2) is 0 Å². The Morgan fingerprint density at radius 2 is 1.63 bits per heavy atom. The van der Waals surface area contributed by atoms with Crippen molar-refractivity contribution >= 4 is 11.5 Å². The zero-order valence-corrected chi connectivity index (χ0v) is 12.2. The van der Waals surface area contributed by atoms with Gasteiger partial charge in [0.05, 0.1) is 0 Å². The maximum absolute atomic E-state index is 11.8. The maximum atomic E-state index is 11.8. The first-order valence-electron chi connectivity index (χ1n) is 7.20. The Labute approximate surface area is 117 Å². The topological polar surface area (TPSA) is 20.3 Å². The van der Waals surface area contributed by atoms with Gasteiger partial charge in [0.2, 0.25) is 5.91 Å². The molecular weight excluding hydrogens is 234 g/mol. The first kappa shape index (κ1) is 15.5. The van der Waals surface area contributed by atoms with Crippen molar-refractivity contribution in [1.29, 1.82) is 0 Å². The summed E-state index contributed by atoms with van der Waals surface area (Å²) in [7, 11) is 0. The Balaban J connectivity index is 2.24. The Hall–Kier alpha value is -1.57. The lowest BCUT2D eigenvalue weighted by Gasteiger charge is -2.18. The molecule has 0 bridgehead atoms. The number of amides is 1. The first-order chi connectivity index (χ1) is 9.19. The zero-order valence-electron chi connectivity index (χ0n) is 12.2. The molecule has 0 aliphatic rings. The van der Waals surface area contributed by atoms with Gasteiger partial charge < -0.3 is 4.90 Å². The number of rotatable bonds is 8. The monoisotopic (exact) mass is 259 g/mol. The summed E-state index contributed by atoms with van der Waals surface area (Å²) >= 11 is 0. The van der Waals surface area contributed by atoms with Crippen LogP contribution in [0.4, 0.5) is 0 Å². The number of carbonyl (C=O) groups is 1. The van der Waals surface area contributed by atoms with Gasteiger partial charge in [-0.2, -0.15) is 0 Å². The Morgan fingerprint density at radius 3 is 2.21 bits per heavy atom. The van der Waals surface area contributed by atoms with Crippen LogP contribution >= 0.6 is 0 Å². The highest BCUT2D eigenvalue weighted by molar-refractivity contribution is 5.76. The molecule has 0 radical (unpaired) electrons. The van der Waals surface area contributed by atoms with Crippen molar-refractivity contribution in [1.82, 2.24) is 4.90 Å². The number of nitrogens with zero attached hydrogens (tertiary/aromatic N) is 1. The van der Waals surface area contributed by atoms with Crippen molar-refractivity contribution in [3.8, 4) is 0 Å². The van der Waals surface area contributed by atoms with Crippen LogP contribution in [0.5, 0.6) is 0 Å². The van der Waals surface area contributed by atoms with Crippen LogP contribution in [0.2, 0.25) is 0 Å². The van der Waals surface area contributed by atoms with Gasteiger partial charge in [0.1, 0.15) is 0 Å². The van der Waals surface area contributed by atoms with E-state index >= 15 is 0 Å². The predicted octanol–water partition coefficient (Wildman–Crippen LogP) is 4.13. The van der Waals surface area contributed by atoms with E-state index in [0.29, 0.717) is 6.42 Å². The van der Waals surface area contributed by atoms with Crippen LogP contribution < -0.4 is 0 Å². The van der Waals surface area contributed by atoms with Crippen molar-refractivity contribution in [2.24, 2.45) is 0 Å². The molecule has 1 aromatic carbocycles. The van der Waals surface area contributed by atoms with Crippen LogP contribution in [0, 0.1) is 0 Å². The SMILES string of the molecule is C=C(CCCCC(=O)N(CC)CC)c1ccccc1. The van der Waals surface area contributed by atoms with Crippen molar-refractivity contribution in [2.45, 2.75) is 39.5 Å². The van der Waals surface area contributed by atoms with E-state index < -0.39 is 0 Å². The lowest BCUT2D eigenvalue weighted by atomic mass is 10.0. The lowest BCUT2D eigenvalue weighted by Crippen LogP contribution is -2.30. The van der Waals surface area contributed by atoms with Crippen molar-refractivity contribution < 1.29 is 4.79 Å². The van der Waals surface area contributed by atoms with E-state index in [2.05, 4.69) is 18.7 Å².